The predicted molar refractivity (Wildman–Crippen MR) is 86.0 cm³/mol. The minimum absolute atomic E-state index is 0.0119. The summed E-state index contributed by atoms with van der Waals surface area (Å²) in [6.07, 6.45) is 0. The zero-order valence-corrected chi connectivity index (χ0v) is 12.2. The smallest absolute Gasteiger partial charge is 0.176 e. The molecule has 1 unspecified atom stereocenters. The molecule has 3 heteroatoms. The van der Waals surface area contributed by atoms with Crippen LogP contribution in [0.25, 0.3) is 10.8 Å². The fraction of sp³-hybridized carbons (Fsp3) is 0.0556. The molecule has 0 aromatic heterocycles. The fourth-order valence-corrected chi connectivity index (χ4v) is 3.34. The first-order valence-electron chi connectivity index (χ1n) is 6.70. The van der Waals surface area contributed by atoms with Gasteiger partial charge in [-0.15, -0.1) is 0 Å². The van der Waals surface area contributed by atoms with Gasteiger partial charge in [0.15, 0.2) is 5.78 Å². The number of fused-ring (bicyclic) bond motifs is 1. The normalized spacial score (nSPS) is 12.2. The molecule has 0 bridgehead atoms. The van der Waals surface area contributed by atoms with Crippen molar-refractivity contribution < 1.29 is 9.00 Å². The van der Waals surface area contributed by atoms with E-state index in [2.05, 4.69) is 0 Å². The molecule has 0 fully saturated rings. The molecule has 3 aromatic rings. The molecule has 104 valence electrons. The lowest BCUT2D eigenvalue weighted by Gasteiger charge is -2.06. The average molecular weight is 294 g/mol. The van der Waals surface area contributed by atoms with Crippen LogP contribution in [0.5, 0.6) is 0 Å². The van der Waals surface area contributed by atoms with E-state index in [1.165, 1.54) is 0 Å². The summed E-state index contributed by atoms with van der Waals surface area (Å²) in [5.74, 6) is -0.0770. The van der Waals surface area contributed by atoms with Crippen LogP contribution in [0.4, 0.5) is 0 Å². The van der Waals surface area contributed by atoms with E-state index in [-0.39, 0.29) is 11.5 Å². The Bertz CT molecular complexity index is 804. The highest BCUT2D eigenvalue weighted by Gasteiger charge is 2.14. The third kappa shape index (κ3) is 2.93. The molecule has 1 atom stereocenters. The van der Waals surface area contributed by atoms with Gasteiger partial charge in [-0.3, -0.25) is 9.00 Å². The van der Waals surface area contributed by atoms with Gasteiger partial charge in [-0.05, 0) is 22.9 Å². The van der Waals surface area contributed by atoms with Crippen LogP contribution in [0.15, 0.2) is 77.7 Å². The molecule has 0 spiro atoms. The Balaban J connectivity index is 1.90. The second kappa shape index (κ2) is 6.02. The van der Waals surface area contributed by atoms with Crippen molar-refractivity contribution in [1.82, 2.24) is 0 Å². The third-order valence-corrected chi connectivity index (χ3v) is 4.68. The summed E-state index contributed by atoms with van der Waals surface area (Å²) in [6.45, 7) is 0. The molecule has 0 amide bonds. The summed E-state index contributed by atoms with van der Waals surface area (Å²) in [6, 6.07) is 22.5. The van der Waals surface area contributed by atoms with E-state index in [1.807, 2.05) is 54.6 Å². The van der Waals surface area contributed by atoms with E-state index in [0.717, 1.165) is 10.8 Å². The van der Waals surface area contributed by atoms with E-state index in [0.29, 0.717) is 10.5 Å². The number of hydrogen-bond acceptors (Lipinski definition) is 2. The standard InChI is InChI=1S/C18H14O2S/c19-18(13-21(20)15-9-2-1-3-10-15)17-12-6-8-14-7-4-5-11-16(14)17/h1-12H,13H2. The molecule has 0 aliphatic carbocycles. The number of Topliss-reactive ketones (excluding diaryl/α,β-unsaturated/α-hetero) is 1. The molecule has 0 saturated heterocycles. The monoisotopic (exact) mass is 294 g/mol. The first-order chi connectivity index (χ1) is 10.3. The minimum Gasteiger partial charge on any atom is -0.293 e. The Morgan fingerprint density at radius 2 is 1.48 bits per heavy atom. The Labute approximate surface area is 125 Å². The van der Waals surface area contributed by atoms with Gasteiger partial charge >= 0.3 is 0 Å². The maximum Gasteiger partial charge on any atom is 0.176 e. The van der Waals surface area contributed by atoms with E-state index in [4.69, 9.17) is 0 Å². The van der Waals surface area contributed by atoms with Crippen molar-refractivity contribution >= 4 is 27.4 Å². The first-order valence-corrected chi connectivity index (χ1v) is 8.02. The van der Waals surface area contributed by atoms with Crippen LogP contribution < -0.4 is 0 Å². The molecule has 0 radical (unpaired) electrons. The van der Waals surface area contributed by atoms with Crippen LogP contribution in [0.3, 0.4) is 0 Å². The number of ketones is 1. The molecule has 21 heavy (non-hydrogen) atoms. The number of benzene rings is 3. The minimum atomic E-state index is -1.31. The van der Waals surface area contributed by atoms with Crippen LogP contribution in [0.1, 0.15) is 10.4 Å². The van der Waals surface area contributed by atoms with Gasteiger partial charge in [0.1, 0.15) is 0 Å². The Morgan fingerprint density at radius 3 is 2.29 bits per heavy atom. The van der Waals surface area contributed by atoms with E-state index in [1.54, 1.807) is 18.2 Å². The average Bonchev–Trinajstić information content (AvgIpc) is 2.55. The van der Waals surface area contributed by atoms with Crippen molar-refractivity contribution in [2.75, 3.05) is 5.75 Å². The Morgan fingerprint density at radius 1 is 0.810 bits per heavy atom. The SMILES string of the molecule is O=C(CS(=O)c1ccccc1)c1cccc2ccccc12. The van der Waals surface area contributed by atoms with Crippen LogP contribution in [0, 0.1) is 0 Å². The highest BCUT2D eigenvalue weighted by molar-refractivity contribution is 7.85. The zero-order chi connectivity index (χ0) is 14.7. The second-order valence-electron chi connectivity index (χ2n) is 4.75. The lowest BCUT2D eigenvalue weighted by Crippen LogP contribution is -2.11. The number of carbonyl (C=O) groups is 1. The van der Waals surface area contributed by atoms with Crippen molar-refractivity contribution in [2.45, 2.75) is 4.90 Å². The van der Waals surface area contributed by atoms with Gasteiger partial charge in [0.25, 0.3) is 0 Å². The molecule has 3 rings (SSSR count). The summed E-state index contributed by atoms with van der Waals surface area (Å²) < 4.78 is 12.3. The van der Waals surface area contributed by atoms with Gasteiger partial charge in [-0.25, -0.2) is 0 Å². The zero-order valence-electron chi connectivity index (χ0n) is 11.4. The maximum absolute atomic E-state index is 12.4. The summed E-state index contributed by atoms with van der Waals surface area (Å²) >= 11 is 0. The van der Waals surface area contributed by atoms with Crippen molar-refractivity contribution in [2.24, 2.45) is 0 Å². The fourth-order valence-electron chi connectivity index (χ4n) is 2.32. The third-order valence-electron chi connectivity index (χ3n) is 3.36. The van der Waals surface area contributed by atoms with Gasteiger partial charge in [-0.2, -0.15) is 0 Å². The predicted octanol–water partition coefficient (Wildman–Crippen LogP) is 3.83. The summed E-state index contributed by atoms with van der Waals surface area (Å²) in [7, 11) is -1.31. The quantitative estimate of drug-likeness (QED) is 0.685. The highest BCUT2D eigenvalue weighted by Crippen LogP contribution is 2.19. The molecule has 0 aliphatic heterocycles. The summed E-state index contributed by atoms with van der Waals surface area (Å²) in [4.78, 5) is 13.1. The van der Waals surface area contributed by atoms with Crippen molar-refractivity contribution in [3.05, 3.63) is 78.4 Å². The molecular weight excluding hydrogens is 280 g/mol. The summed E-state index contributed by atoms with van der Waals surface area (Å²) in [5.41, 5.74) is 0.636. The Kier molecular flexibility index (Phi) is 3.93. The van der Waals surface area contributed by atoms with Crippen LogP contribution >= 0.6 is 0 Å². The largest absolute Gasteiger partial charge is 0.293 e. The van der Waals surface area contributed by atoms with Crippen LogP contribution in [-0.2, 0) is 10.8 Å². The molecule has 0 aliphatic rings. The van der Waals surface area contributed by atoms with Gasteiger partial charge in [0.2, 0.25) is 0 Å². The number of hydrogen-bond donors (Lipinski definition) is 0. The van der Waals surface area contributed by atoms with E-state index < -0.39 is 10.8 Å². The lowest BCUT2D eigenvalue weighted by atomic mass is 10.0. The van der Waals surface area contributed by atoms with Gasteiger partial charge in [-0.1, -0.05) is 60.7 Å². The number of carbonyl (C=O) groups excluding carboxylic acids is 1. The van der Waals surface area contributed by atoms with Gasteiger partial charge < -0.3 is 0 Å². The van der Waals surface area contributed by atoms with Crippen molar-refractivity contribution in [1.29, 1.82) is 0 Å². The topological polar surface area (TPSA) is 34.1 Å². The molecule has 0 N–H and O–H groups in total. The maximum atomic E-state index is 12.4. The molecule has 0 heterocycles. The Hall–Kier alpha value is -2.26. The van der Waals surface area contributed by atoms with Crippen LogP contribution in [-0.4, -0.2) is 15.7 Å². The van der Waals surface area contributed by atoms with Crippen molar-refractivity contribution in [3.8, 4) is 0 Å². The molecule has 0 saturated carbocycles. The van der Waals surface area contributed by atoms with E-state index >= 15 is 0 Å². The molecular formula is C18H14O2S. The highest BCUT2D eigenvalue weighted by atomic mass is 32.2. The van der Waals surface area contributed by atoms with Gasteiger partial charge in [0, 0.05) is 10.5 Å². The number of rotatable bonds is 4. The second-order valence-corrected chi connectivity index (χ2v) is 6.20. The van der Waals surface area contributed by atoms with E-state index in [9.17, 15) is 9.00 Å². The summed E-state index contributed by atoms with van der Waals surface area (Å²) in [5, 5.41) is 1.93. The van der Waals surface area contributed by atoms with Crippen molar-refractivity contribution in [3.63, 3.8) is 0 Å². The van der Waals surface area contributed by atoms with Crippen LogP contribution in [0.2, 0.25) is 0 Å². The molecule has 3 aromatic carbocycles. The lowest BCUT2D eigenvalue weighted by molar-refractivity contribution is 0.102. The molecule has 2 nitrogen and oxygen atoms in total. The van der Waals surface area contributed by atoms with Gasteiger partial charge in [0.05, 0.1) is 16.6 Å². The first kappa shape index (κ1) is 13.7.